The Hall–Kier alpha value is -2.64. The van der Waals surface area contributed by atoms with Gasteiger partial charge in [-0.15, -0.1) is 0 Å². The number of carbonyl (C=O) groups excluding carboxylic acids is 1. The molecule has 0 fully saturated rings. The molecule has 0 unspecified atom stereocenters. The second-order valence-corrected chi connectivity index (χ2v) is 9.57. The van der Waals surface area contributed by atoms with Gasteiger partial charge in [-0.1, -0.05) is 11.6 Å². The molecule has 1 amide bonds. The van der Waals surface area contributed by atoms with Crippen molar-refractivity contribution in [2.24, 2.45) is 0 Å². The van der Waals surface area contributed by atoms with E-state index in [1.165, 1.54) is 48.4 Å². The smallest absolute Gasteiger partial charge is 0.254 e. The summed E-state index contributed by atoms with van der Waals surface area (Å²) in [7, 11) is -0.523. The van der Waals surface area contributed by atoms with E-state index in [9.17, 15) is 13.2 Å². The molecule has 0 atom stereocenters. The molecule has 3 aromatic rings. The zero-order chi connectivity index (χ0) is 20.1. The van der Waals surface area contributed by atoms with E-state index in [2.05, 4.69) is 30.1 Å². The van der Waals surface area contributed by atoms with Crippen molar-refractivity contribution in [3.63, 3.8) is 0 Å². The van der Waals surface area contributed by atoms with E-state index in [0.29, 0.717) is 18.7 Å². The molecule has 0 bridgehead atoms. The van der Waals surface area contributed by atoms with Crippen LogP contribution < -0.4 is 0 Å². The van der Waals surface area contributed by atoms with Crippen molar-refractivity contribution in [1.82, 2.24) is 14.2 Å². The van der Waals surface area contributed by atoms with Crippen molar-refractivity contribution in [2.75, 3.05) is 20.6 Å². The van der Waals surface area contributed by atoms with Crippen LogP contribution in [-0.2, 0) is 23.0 Å². The van der Waals surface area contributed by atoms with Gasteiger partial charge in [-0.3, -0.25) is 4.79 Å². The normalized spacial score (nSPS) is 14.5. The van der Waals surface area contributed by atoms with E-state index in [1.54, 1.807) is 12.1 Å². The molecule has 0 saturated carbocycles. The van der Waals surface area contributed by atoms with Crippen LogP contribution in [0.3, 0.4) is 0 Å². The Morgan fingerprint density at radius 3 is 2.50 bits per heavy atom. The lowest BCUT2D eigenvalue weighted by Gasteiger charge is -2.27. The SMILES string of the molecule is Cc1ccc2[nH]c3c(c2c1)CN(C(=O)c1ccc(S(=O)(=O)N(C)C)cc1)CC3. The summed E-state index contributed by atoms with van der Waals surface area (Å²) in [5.41, 5.74) is 5.15. The zero-order valence-electron chi connectivity index (χ0n) is 16.2. The van der Waals surface area contributed by atoms with Gasteiger partial charge < -0.3 is 9.88 Å². The van der Waals surface area contributed by atoms with Gasteiger partial charge in [-0.25, -0.2) is 12.7 Å². The molecule has 2 heterocycles. The van der Waals surface area contributed by atoms with Crippen molar-refractivity contribution in [3.8, 4) is 0 Å². The van der Waals surface area contributed by atoms with Gasteiger partial charge in [0.2, 0.25) is 10.0 Å². The van der Waals surface area contributed by atoms with Crippen molar-refractivity contribution in [1.29, 1.82) is 0 Å². The fraction of sp³-hybridized carbons (Fsp3) is 0.286. The Bertz CT molecular complexity index is 1160. The summed E-state index contributed by atoms with van der Waals surface area (Å²) in [4.78, 5) is 18.5. The quantitative estimate of drug-likeness (QED) is 0.739. The molecule has 1 N–H and O–H groups in total. The summed E-state index contributed by atoms with van der Waals surface area (Å²) >= 11 is 0. The van der Waals surface area contributed by atoms with E-state index >= 15 is 0 Å². The third-order valence-electron chi connectivity index (χ3n) is 5.30. The highest BCUT2D eigenvalue weighted by atomic mass is 32.2. The van der Waals surface area contributed by atoms with Gasteiger partial charge in [-0.05, 0) is 43.3 Å². The second kappa shape index (κ2) is 6.76. The molecule has 1 aliphatic heterocycles. The summed E-state index contributed by atoms with van der Waals surface area (Å²) in [6.45, 7) is 3.25. The van der Waals surface area contributed by atoms with Gasteiger partial charge in [0.15, 0.2) is 0 Å². The number of nitrogens with one attached hydrogen (secondary N) is 1. The number of aromatic amines is 1. The van der Waals surface area contributed by atoms with Gasteiger partial charge in [0.05, 0.1) is 4.90 Å². The second-order valence-electron chi connectivity index (χ2n) is 7.42. The molecule has 0 saturated heterocycles. The van der Waals surface area contributed by atoms with Crippen LogP contribution in [-0.4, -0.2) is 49.2 Å². The fourth-order valence-electron chi connectivity index (χ4n) is 3.66. The minimum Gasteiger partial charge on any atom is -0.358 e. The number of amides is 1. The molecule has 0 radical (unpaired) electrons. The first-order valence-electron chi connectivity index (χ1n) is 9.19. The summed E-state index contributed by atoms with van der Waals surface area (Å²) < 4.78 is 25.6. The van der Waals surface area contributed by atoms with Gasteiger partial charge in [-0.2, -0.15) is 0 Å². The molecule has 1 aromatic heterocycles. The number of fused-ring (bicyclic) bond motifs is 3. The van der Waals surface area contributed by atoms with Gasteiger partial charge in [0.1, 0.15) is 0 Å². The Labute approximate surface area is 164 Å². The van der Waals surface area contributed by atoms with Crippen molar-refractivity contribution >= 4 is 26.8 Å². The standard InChI is InChI=1S/C21H23N3O3S/c1-14-4-9-19-17(12-14)18-13-24(11-10-20(18)22-19)21(25)15-5-7-16(8-6-15)28(26,27)23(2)3/h4-9,12,22H,10-11,13H2,1-3H3. The summed E-state index contributed by atoms with van der Waals surface area (Å²) in [5, 5.41) is 1.17. The number of hydrogen-bond donors (Lipinski definition) is 1. The lowest BCUT2D eigenvalue weighted by atomic mass is 10.0. The number of aryl methyl sites for hydroxylation is 1. The van der Waals surface area contributed by atoms with E-state index in [1.807, 2.05) is 4.90 Å². The average Bonchev–Trinajstić information content (AvgIpc) is 3.04. The zero-order valence-corrected chi connectivity index (χ0v) is 17.0. The first kappa shape index (κ1) is 18.7. The minimum absolute atomic E-state index is 0.0820. The largest absolute Gasteiger partial charge is 0.358 e. The fourth-order valence-corrected chi connectivity index (χ4v) is 4.57. The molecule has 146 valence electrons. The van der Waals surface area contributed by atoms with Crippen molar-refractivity contribution < 1.29 is 13.2 Å². The van der Waals surface area contributed by atoms with Gasteiger partial charge in [0, 0.05) is 61.3 Å². The molecule has 0 aliphatic carbocycles. The first-order valence-corrected chi connectivity index (χ1v) is 10.6. The third-order valence-corrected chi connectivity index (χ3v) is 7.13. The van der Waals surface area contributed by atoms with E-state index in [-0.39, 0.29) is 10.8 Å². The highest BCUT2D eigenvalue weighted by Gasteiger charge is 2.25. The summed E-state index contributed by atoms with van der Waals surface area (Å²) in [6.07, 6.45) is 0.780. The van der Waals surface area contributed by atoms with Crippen LogP contribution in [0.15, 0.2) is 47.4 Å². The number of benzene rings is 2. The molecule has 6 nitrogen and oxygen atoms in total. The maximum Gasteiger partial charge on any atom is 0.254 e. The van der Waals surface area contributed by atoms with Crippen LogP contribution in [0.5, 0.6) is 0 Å². The Morgan fingerprint density at radius 2 is 1.82 bits per heavy atom. The van der Waals surface area contributed by atoms with Crippen LogP contribution in [0.4, 0.5) is 0 Å². The van der Waals surface area contributed by atoms with E-state index in [0.717, 1.165) is 16.2 Å². The molecule has 0 spiro atoms. The Kier molecular flexibility index (Phi) is 4.51. The Morgan fingerprint density at radius 1 is 1.11 bits per heavy atom. The van der Waals surface area contributed by atoms with Crippen LogP contribution in [0.1, 0.15) is 27.2 Å². The molecular formula is C21H23N3O3S. The van der Waals surface area contributed by atoms with Crippen LogP contribution in [0.2, 0.25) is 0 Å². The Balaban J connectivity index is 1.60. The molecule has 7 heteroatoms. The predicted octanol–water partition coefficient (Wildman–Crippen LogP) is 2.93. The molecular weight excluding hydrogens is 374 g/mol. The maximum atomic E-state index is 13.0. The number of rotatable bonds is 3. The van der Waals surface area contributed by atoms with Gasteiger partial charge >= 0.3 is 0 Å². The molecule has 2 aromatic carbocycles. The monoisotopic (exact) mass is 397 g/mol. The van der Waals surface area contributed by atoms with Crippen LogP contribution in [0.25, 0.3) is 10.9 Å². The van der Waals surface area contributed by atoms with E-state index in [4.69, 9.17) is 0 Å². The van der Waals surface area contributed by atoms with Crippen LogP contribution >= 0.6 is 0 Å². The molecule has 28 heavy (non-hydrogen) atoms. The summed E-state index contributed by atoms with van der Waals surface area (Å²) in [5.74, 6) is -0.0820. The minimum atomic E-state index is -3.50. The van der Waals surface area contributed by atoms with Crippen molar-refractivity contribution in [3.05, 3.63) is 64.8 Å². The highest BCUT2D eigenvalue weighted by molar-refractivity contribution is 7.89. The maximum absolute atomic E-state index is 13.0. The van der Waals surface area contributed by atoms with Crippen molar-refractivity contribution in [2.45, 2.75) is 24.8 Å². The topological polar surface area (TPSA) is 73.5 Å². The lowest BCUT2D eigenvalue weighted by molar-refractivity contribution is 0.0735. The summed E-state index contributed by atoms with van der Waals surface area (Å²) in [6, 6.07) is 12.5. The van der Waals surface area contributed by atoms with Crippen LogP contribution in [0, 0.1) is 6.92 Å². The first-order chi connectivity index (χ1) is 13.3. The third kappa shape index (κ3) is 3.10. The number of sulfonamides is 1. The highest BCUT2D eigenvalue weighted by Crippen LogP contribution is 2.29. The molecule has 1 aliphatic rings. The average molecular weight is 398 g/mol. The number of nitrogens with zero attached hydrogens (tertiary/aromatic N) is 2. The number of H-pyrrole nitrogens is 1. The van der Waals surface area contributed by atoms with Gasteiger partial charge in [0.25, 0.3) is 5.91 Å². The lowest BCUT2D eigenvalue weighted by Crippen LogP contribution is -2.35. The predicted molar refractivity (Wildman–Crippen MR) is 109 cm³/mol. The molecule has 4 rings (SSSR count). The van der Waals surface area contributed by atoms with E-state index < -0.39 is 10.0 Å². The number of aromatic nitrogens is 1. The number of carbonyl (C=O) groups is 1. The number of hydrogen-bond acceptors (Lipinski definition) is 3.